The molecule has 0 radical (unpaired) electrons. The molecule has 1 amide bonds. The van der Waals surface area contributed by atoms with Gasteiger partial charge in [-0.05, 0) is 36.5 Å². The third kappa shape index (κ3) is 3.38. The van der Waals surface area contributed by atoms with E-state index in [2.05, 4.69) is 0 Å². The first-order chi connectivity index (χ1) is 9.99. The molecule has 0 aliphatic carbocycles. The highest BCUT2D eigenvalue weighted by molar-refractivity contribution is 6.42. The van der Waals surface area contributed by atoms with Gasteiger partial charge in [0.1, 0.15) is 0 Å². The van der Waals surface area contributed by atoms with Gasteiger partial charge < -0.3 is 10.6 Å². The minimum absolute atomic E-state index is 0. The highest BCUT2D eigenvalue weighted by Gasteiger charge is 2.38. The van der Waals surface area contributed by atoms with E-state index in [1.165, 1.54) is 0 Å². The number of carbonyl (C=O) groups is 1. The van der Waals surface area contributed by atoms with E-state index in [-0.39, 0.29) is 18.3 Å². The molecule has 0 fully saturated rings. The van der Waals surface area contributed by atoms with Crippen molar-refractivity contribution in [2.45, 2.75) is 39.7 Å². The first-order valence-corrected chi connectivity index (χ1v) is 8.19. The Morgan fingerprint density at radius 2 is 1.95 bits per heavy atom. The van der Waals surface area contributed by atoms with Crippen molar-refractivity contribution in [1.82, 2.24) is 4.90 Å². The number of nitrogens with zero attached hydrogens (tertiary/aromatic N) is 1. The molecule has 22 heavy (non-hydrogen) atoms. The summed E-state index contributed by atoms with van der Waals surface area (Å²) in [7, 11) is 0. The summed E-state index contributed by atoms with van der Waals surface area (Å²) >= 11 is 12.3. The van der Waals surface area contributed by atoms with Crippen molar-refractivity contribution in [3.63, 3.8) is 0 Å². The lowest BCUT2D eigenvalue weighted by Gasteiger charge is -2.38. The summed E-state index contributed by atoms with van der Waals surface area (Å²) in [6, 6.07) is 3.76. The first-order valence-electron chi connectivity index (χ1n) is 7.44. The van der Waals surface area contributed by atoms with Gasteiger partial charge in [0.15, 0.2) is 0 Å². The zero-order valence-electron chi connectivity index (χ0n) is 13.0. The summed E-state index contributed by atoms with van der Waals surface area (Å²) in [6.45, 7) is 5.72. The van der Waals surface area contributed by atoms with Crippen molar-refractivity contribution >= 4 is 41.5 Å². The largest absolute Gasteiger partial charge is 0.338 e. The molecule has 124 valence electrons. The average Bonchev–Trinajstić information content (AvgIpc) is 2.53. The molecule has 0 bridgehead atoms. The van der Waals surface area contributed by atoms with Crippen molar-refractivity contribution in [2.75, 3.05) is 13.1 Å². The van der Waals surface area contributed by atoms with Crippen molar-refractivity contribution in [2.24, 2.45) is 11.1 Å². The molecule has 0 saturated carbocycles. The number of amides is 1. The van der Waals surface area contributed by atoms with E-state index in [0.717, 1.165) is 30.4 Å². The van der Waals surface area contributed by atoms with Crippen molar-refractivity contribution in [3.05, 3.63) is 33.3 Å². The van der Waals surface area contributed by atoms with E-state index in [9.17, 15) is 4.79 Å². The van der Waals surface area contributed by atoms with Gasteiger partial charge >= 0.3 is 0 Å². The fourth-order valence-electron chi connectivity index (χ4n) is 3.02. The molecule has 1 aromatic rings. The number of benzene rings is 1. The van der Waals surface area contributed by atoms with E-state index in [0.29, 0.717) is 29.7 Å². The molecule has 0 unspecified atom stereocenters. The van der Waals surface area contributed by atoms with Gasteiger partial charge in [-0.25, -0.2) is 0 Å². The van der Waals surface area contributed by atoms with Gasteiger partial charge in [0.25, 0.3) is 0 Å². The molecule has 3 nitrogen and oxygen atoms in total. The van der Waals surface area contributed by atoms with Gasteiger partial charge in [-0.1, -0.05) is 43.1 Å². The zero-order chi connectivity index (χ0) is 15.6. The SMILES string of the molecule is CCC(CC)(CN)C(=O)N1CCc2c(ccc(Cl)c2Cl)C1.Cl. The first kappa shape index (κ1) is 19.6. The Kier molecular flexibility index (Phi) is 7.00. The molecule has 1 aliphatic heterocycles. The van der Waals surface area contributed by atoms with E-state index in [4.69, 9.17) is 28.9 Å². The monoisotopic (exact) mass is 364 g/mol. The number of hydrogen-bond donors (Lipinski definition) is 1. The molecular formula is C16H23Cl3N2O. The van der Waals surface area contributed by atoms with E-state index in [1.54, 1.807) is 6.07 Å². The van der Waals surface area contributed by atoms with Crippen LogP contribution in [0.5, 0.6) is 0 Å². The third-order valence-electron chi connectivity index (χ3n) is 4.77. The smallest absolute Gasteiger partial charge is 0.230 e. The summed E-state index contributed by atoms with van der Waals surface area (Å²) < 4.78 is 0. The van der Waals surface area contributed by atoms with Gasteiger partial charge in [-0.3, -0.25) is 4.79 Å². The number of hydrogen-bond acceptors (Lipinski definition) is 2. The van der Waals surface area contributed by atoms with Crippen LogP contribution >= 0.6 is 35.6 Å². The zero-order valence-corrected chi connectivity index (χ0v) is 15.3. The van der Waals surface area contributed by atoms with Crippen LogP contribution in [0, 0.1) is 5.41 Å². The highest BCUT2D eigenvalue weighted by Crippen LogP contribution is 2.34. The van der Waals surface area contributed by atoms with Gasteiger partial charge in [0.2, 0.25) is 5.91 Å². The van der Waals surface area contributed by atoms with Gasteiger partial charge in [-0.15, -0.1) is 12.4 Å². The van der Waals surface area contributed by atoms with Gasteiger partial charge in [0, 0.05) is 19.6 Å². The molecule has 0 saturated heterocycles. The Balaban J connectivity index is 0.00000242. The summed E-state index contributed by atoms with van der Waals surface area (Å²) in [5, 5.41) is 1.20. The van der Waals surface area contributed by atoms with Crippen LogP contribution in [0.15, 0.2) is 12.1 Å². The molecule has 1 aromatic carbocycles. The number of carbonyl (C=O) groups excluding carboxylic acids is 1. The predicted octanol–water partition coefficient (Wildman–Crippen LogP) is 4.07. The third-order valence-corrected chi connectivity index (χ3v) is 5.61. The number of halogens is 3. The average molecular weight is 366 g/mol. The summed E-state index contributed by atoms with van der Waals surface area (Å²) in [5.41, 5.74) is 7.61. The number of rotatable bonds is 4. The maximum Gasteiger partial charge on any atom is 0.230 e. The van der Waals surface area contributed by atoms with Crippen molar-refractivity contribution in [1.29, 1.82) is 0 Å². The molecule has 1 heterocycles. The van der Waals surface area contributed by atoms with E-state index < -0.39 is 5.41 Å². The van der Waals surface area contributed by atoms with Crippen LogP contribution in [0.2, 0.25) is 10.0 Å². The van der Waals surface area contributed by atoms with Crippen LogP contribution in [-0.4, -0.2) is 23.9 Å². The predicted molar refractivity (Wildman–Crippen MR) is 94.9 cm³/mol. The Hall–Kier alpha value is -0.480. The topological polar surface area (TPSA) is 46.3 Å². The van der Waals surface area contributed by atoms with E-state index in [1.807, 2.05) is 24.8 Å². The molecule has 0 aromatic heterocycles. The Bertz CT molecular complexity index is 536. The van der Waals surface area contributed by atoms with Crippen LogP contribution in [-0.2, 0) is 17.8 Å². The lowest BCUT2D eigenvalue weighted by Crippen LogP contribution is -2.49. The van der Waals surface area contributed by atoms with Crippen LogP contribution < -0.4 is 5.73 Å². The lowest BCUT2D eigenvalue weighted by atomic mass is 9.80. The summed E-state index contributed by atoms with van der Waals surface area (Å²) in [6.07, 6.45) is 2.28. The van der Waals surface area contributed by atoms with Crippen molar-refractivity contribution < 1.29 is 4.79 Å². The molecule has 1 aliphatic rings. The number of fused-ring (bicyclic) bond motifs is 1. The second-order valence-electron chi connectivity index (χ2n) is 5.67. The van der Waals surface area contributed by atoms with Gasteiger partial charge in [-0.2, -0.15) is 0 Å². The molecule has 0 atom stereocenters. The normalized spacial score (nSPS) is 14.3. The fourth-order valence-corrected chi connectivity index (χ4v) is 3.48. The quantitative estimate of drug-likeness (QED) is 0.874. The lowest BCUT2D eigenvalue weighted by molar-refractivity contribution is -0.143. The molecule has 2 N–H and O–H groups in total. The fraction of sp³-hybridized carbons (Fsp3) is 0.562. The molecule has 0 spiro atoms. The van der Waals surface area contributed by atoms with Crippen LogP contribution in [0.3, 0.4) is 0 Å². The molecular weight excluding hydrogens is 343 g/mol. The minimum Gasteiger partial charge on any atom is -0.338 e. The maximum absolute atomic E-state index is 12.9. The van der Waals surface area contributed by atoms with Crippen LogP contribution in [0.1, 0.15) is 37.8 Å². The van der Waals surface area contributed by atoms with Crippen molar-refractivity contribution in [3.8, 4) is 0 Å². The summed E-state index contributed by atoms with van der Waals surface area (Å²) in [5.74, 6) is 0.159. The standard InChI is InChI=1S/C16H22Cl2N2O.ClH/c1-3-16(4-2,10-19)15(21)20-8-7-12-11(9-20)5-6-13(17)14(12)18;/h5-6H,3-4,7-10,19H2,1-2H3;1H. The Morgan fingerprint density at radius 3 is 2.50 bits per heavy atom. The highest BCUT2D eigenvalue weighted by atomic mass is 35.5. The number of nitrogens with two attached hydrogens (primary N) is 1. The van der Waals surface area contributed by atoms with Gasteiger partial charge in [0.05, 0.1) is 15.5 Å². The minimum atomic E-state index is -0.437. The second kappa shape index (κ2) is 7.87. The molecule has 2 rings (SSSR count). The maximum atomic E-state index is 12.9. The Labute approximate surface area is 148 Å². The second-order valence-corrected chi connectivity index (χ2v) is 6.45. The van der Waals surface area contributed by atoms with Crippen LogP contribution in [0.4, 0.5) is 0 Å². The van der Waals surface area contributed by atoms with E-state index >= 15 is 0 Å². The van der Waals surface area contributed by atoms with Crippen LogP contribution in [0.25, 0.3) is 0 Å². The summed E-state index contributed by atoms with van der Waals surface area (Å²) in [4.78, 5) is 14.8. The Morgan fingerprint density at radius 1 is 1.32 bits per heavy atom. The molecule has 6 heteroatoms.